The fraction of sp³-hybridized carbons (Fsp3) is 0.111. The first kappa shape index (κ1) is 21.9. The Balaban J connectivity index is 1.46. The van der Waals surface area contributed by atoms with Crippen molar-refractivity contribution in [2.75, 3.05) is 12.4 Å². The molecule has 6 heteroatoms. The lowest BCUT2D eigenvalue weighted by atomic mass is 10.0. The highest BCUT2D eigenvalue weighted by molar-refractivity contribution is 6.09. The minimum absolute atomic E-state index is 0.310. The molecular weight excluding hydrogens is 416 g/mol. The van der Waals surface area contributed by atoms with Crippen LogP contribution in [0.25, 0.3) is 10.8 Å². The third kappa shape index (κ3) is 5.13. The number of para-hydroxylation sites is 2. The van der Waals surface area contributed by atoms with Crippen LogP contribution in [0.4, 0.5) is 5.69 Å². The van der Waals surface area contributed by atoms with E-state index in [9.17, 15) is 9.59 Å². The quantitative estimate of drug-likeness (QED) is 0.404. The molecule has 4 aromatic rings. The molecule has 0 aromatic heterocycles. The van der Waals surface area contributed by atoms with Crippen molar-refractivity contribution in [2.24, 2.45) is 0 Å². The summed E-state index contributed by atoms with van der Waals surface area (Å²) in [4.78, 5) is 25.7. The normalized spacial score (nSPS) is 11.5. The largest absolute Gasteiger partial charge is 0.497 e. The molecule has 0 aliphatic heterocycles. The van der Waals surface area contributed by atoms with E-state index in [0.717, 1.165) is 10.8 Å². The minimum Gasteiger partial charge on any atom is -0.497 e. The van der Waals surface area contributed by atoms with Crippen molar-refractivity contribution in [2.45, 2.75) is 13.0 Å². The van der Waals surface area contributed by atoms with Crippen molar-refractivity contribution in [1.82, 2.24) is 5.32 Å². The first-order chi connectivity index (χ1) is 16.0. The molecule has 0 radical (unpaired) electrons. The lowest BCUT2D eigenvalue weighted by molar-refractivity contribution is -0.117. The van der Waals surface area contributed by atoms with Gasteiger partial charge in [-0.05, 0) is 48.0 Å². The molecule has 166 valence electrons. The van der Waals surface area contributed by atoms with E-state index in [1.807, 2.05) is 54.6 Å². The van der Waals surface area contributed by atoms with Gasteiger partial charge < -0.3 is 20.1 Å². The predicted octanol–water partition coefficient (Wildman–Crippen LogP) is 5.40. The number of fused-ring (bicyclic) bond motifs is 1. The molecule has 6 nitrogen and oxygen atoms in total. The highest BCUT2D eigenvalue weighted by Gasteiger charge is 2.19. The summed E-state index contributed by atoms with van der Waals surface area (Å²) in [7, 11) is 1.58. The van der Waals surface area contributed by atoms with E-state index in [1.165, 1.54) is 0 Å². The molecule has 1 atom stereocenters. The van der Waals surface area contributed by atoms with E-state index in [0.29, 0.717) is 28.5 Å². The van der Waals surface area contributed by atoms with Gasteiger partial charge in [0, 0.05) is 11.6 Å². The number of anilines is 1. The van der Waals surface area contributed by atoms with E-state index in [-0.39, 0.29) is 11.8 Å². The number of nitrogens with one attached hydrogen (secondary N) is 2. The van der Waals surface area contributed by atoms with Crippen LogP contribution in [0, 0.1) is 0 Å². The van der Waals surface area contributed by atoms with E-state index >= 15 is 0 Å². The third-order valence-corrected chi connectivity index (χ3v) is 5.19. The number of rotatable bonds is 7. The van der Waals surface area contributed by atoms with Crippen LogP contribution in [0.2, 0.25) is 0 Å². The highest BCUT2D eigenvalue weighted by atomic mass is 16.5. The predicted molar refractivity (Wildman–Crippen MR) is 129 cm³/mol. The maximum absolute atomic E-state index is 12.9. The molecule has 0 bridgehead atoms. The van der Waals surface area contributed by atoms with Crippen LogP contribution in [0.15, 0.2) is 91.0 Å². The van der Waals surface area contributed by atoms with Gasteiger partial charge >= 0.3 is 0 Å². The van der Waals surface area contributed by atoms with Crippen molar-refractivity contribution < 1.29 is 19.1 Å². The Kier molecular flexibility index (Phi) is 6.55. The number of carbonyl (C=O) groups excluding carboxylic acids is 2. The third-order valence-electron chi connectivity index (χ3n) is 5.19. The Labute approximate surface area is 192 Å². The van der Waals surface area contributed by atoms with Crippen LogP contribution < -0.4 is 20.1 Å². The summed E-state index contributed by atoms with van der Waals surface area (Å²) in [5.74, 6) is 1.06. The molecule has 0 aliphatic carbocycles. The summed E-state index contributed by atoms with van der Waals surface area (Å²) < 4.78 is 11.2. The molecule has 2 amide bonds. The molecule has 0 saturated carbocycles. The average molecular weight is 440 g/mol. The first-order valence-electron chi connectivity index (χ1n) is 10.6. The van der Waals surface area contributed by atoms with Gasteiger partial charge in [-0.2, -0.15) is 0 Å². The lowest BCUT2D eigenvalue weighted by Crippen LogP contribution is -2.41. The van der Waals surface area contributed by atoms with Crippen LogP contribution in [0.5, 0.6) is 17.2 Å². The monoisotopic (exact) mass is 440 g/mol. The van der Waals surface area contributed by atoms with Crippen molar-refractivity contribution in [1.29, 1.82) is 0 Å². The summed E-state index contributed by atoms with van der Waals surface area (Å²) in [6, 6.07) is 26.7. The second-order valence-corrected chi connectivity index (χ2v) is 7.49. The fourth-order valence-electron chi connectivity index (χ4n) is 3.45. The zero-order chi connectivity index (χ0) is 23.2. The molecule has 0 aliphatic rings. The van der Waals surface area contributed by atoms with Crippen molar-refractivity contribution in [3.63, 3.8) is 0 Å². The lowest BCUT2D eigenvalue weighted by Gasteiger charge is -2.17. The maximum Gasteiger partial charge on any atom is 0.252 e. The molecule has 4 aromatic carbocycles. The number of benzene rings is 4. The van der Waals surface area contributed by atoms with Crippen molar-refractivity contribution in [3.8, 4) is 17.2 Å². The maximum atomic E-state index is 12.9. The summed E-state index contributed by atoms with van der Waals surface area (Å²) in [6.45, 7) is 1.64. The van der Waals surface area contributed by atoms with Crippen LogP contribution in [-0.4, -0.2) is 25.0 Å². The minimum atomic E-state index is -0.763. The van der Waals surface area contributed by atoms with Crippen LogP contribution in [0.3, 0.4) is 0 Å². The second-order valence-electron chi connectivity index (χ2n) is 7.49. The van der Waals surface area contributed by atoms with Gasteiger partial charge in [-0.1, -0.05) is 54.6 Å². The van der Waals surface area contributed by atoms with Crippen molar-refractivity contribution in [3.05, 3.63) is 96.6 Å². The van der Waals surface area contributed by atoms with Gasteiger partial charge in [0.05, 0.1) is 12.8 Å². The van der Waals surface area contributed by atoms with Gasteiger partial charge in [-0.25, -0.2) is 0 Å². The van der Waals surface area contributed by atoms with Gasteiger partial charge in [0.25, 0.3) is 5.91 Å². The summed E-state index contributed by atoms with van der Waals surface area (Å²) in [6.07, 6.45) is 0. The molecule has 1 unspecified atom stereocenters. The summed E-state index contributed by atoms with van der Waals surface area (Å²) in [5.41, 5.74) is 1.02. The Hall–Kier alpha value is -4.32. The van der Waals surface area contributed by atoms with Crippen LogP contribution >= 0.6 is 0 Å². The average Bonchev–Trinajstić information content (AvgIpc) is 2.84. The smallest absolute Gasteiger partial charge is 0.252 e. The Morgan fingerprint density at radius 3 is 2.36 bits per heavy atom. The number of hydrogen-bond acceptors (Lipinski definition) is 4. The zero-order valence-corrected chi connectivity index (χ0v) is 18.4. The topological polar surface area (TPSA) is 76.7 Å². The number of ether oxygens (including phenoxy) is 2. The number of hydrogen-bond donors (Lipinski definition) is 2. The number of amides is 2. The SMILES string of the molecule is COc1cccc(Oc2ccccc2NC(=O)C(C)NC(=O)c2cccc3ccccc23)c1. The fourth-order valence-corrected chi connectivity index (χ4v) is 3.45. The highest BCUT2D eigenvalue weighted by Crippen LogP contribution is 2.31. The van der Waals surface area contributed by atoms with Gasteiger partial charge in [-0.3, -0.25) is 9.59 Å². The van der Waals surface area contributed by atoms with Gasteiger partial charge in [0.2, 0.25) is 5.91 Å². The number of carbonyl (C=O) groups is 2. The molecular formula is C27H24N2O4. The van der Waals surface area contributed by atoms with E-state index in [4.69, 9.17) is 9.47 Å². The van der Waals surface area contributed by atoms with E-state index < -0.39 is 6.04 Å². The standard InChI is InChI=1S/C27H24N2O4/c1-18(28-27(31)23-14-7-10-19-9-3-4-13-22(19)23)26(30)29-24-15-5-6-16-25(24)33-21-12-8-11-20(17-21)32-2/h3-18H,1-2H3,(H,28,31)(H,29,30). The first-order valence-corrected chi connectivity index (χ1v) is 10.6. The van der Waals surface area contributed by atoms with E-state index in [2.05, 4.69) is 10.6 Å². The second kappa shape index (κ2) is 9.87. The summed E-state index contributed by atoms with van der Waals surface area (Å²) in [5, 5.41) is 7.43. The number of methoxy groups -OCH3 is 1. The molecule has 0 saturated heterocycles. The Morgan fingerprint density at radius 2 is 1.52 bits per heavy atom. The Morgan fingerprint density at radius 1 is 0.818 bits per heavy atom. The molecule has 2 N–H and O–H groups in total. The van der Waals surface area contributed by atoms with E-state index in [1.54, 1.807) is 50.4 Å². The van der Waals surface area contributed by atoms with Gasteiger partial charge in [0.1, 0.15) is 17.5 Å². The molecule has 0 heterocycles. The van der Waals surface area contributed by atoms with Crippen LogP contribution in [0.1, 0.15) is 17.3 Å². The Bertz CT molecular complexity index is 1300. The van der Waals surface area contributed by atoms with Crippen molar-refractivity contribution >= 4 is 28.3 Å². The van der Waals surface area contributed by atoms with Crippen LogP contribution in [-0.2, 0) is 4.79 Å². The molecule has 33 heavy (non-hydrogen) atoms. The summed E-state index contributed by atoms with van der Waals surface area (Å²) >= 11 is 0. The van der Waals surface area contributed by atoms with Gasteiger partial charge in [0.15, 0.2) is 5.75 Å². The molecule has 0 fully saturated rings. The molecule has 0 spiro atoms. The van der Waals surface area contributed by atoms with Gasteiger partial charge in [-0.15, -0.1) is 0 Å². The zero-order valence-electron chi connectivity index (χ0n) is 18.4. The molecule has 4 rings (SSSR count).